The molecule has 1 atom stereocenters. The van der Waals surface area contributed by atoms with E-state index in [1.165, 1.54) is 0 Å². The Kier molecular flexibility index (Phi) is 3.59. The van der Waals surface area contributed by atoms with E-state index >= 15 is 0 Å². The van der Waals surface area contributed by atoms with Gasteiger partial charge in [0.25, 0.3) is 0 Å². The fraction of sp³-hybridized carbons (Fsp3) is 0.389. The van der Waals surface area contributed by atoms with E-state index in [1.54, 1.807) is 6.26 Å². The Hall–Kier alpha value is -2.63. The van der Waals surface area contributed by atoms with Gasteiger partial charge in [-0.3, -0.25) is 4.79 Å². The maximum absolute atomic E-state index is 12.4. The molecule has 1 amide bonds. The summed E-state index contributed by atoms with van der Waals surface area (Å²) in [5.74, 6) is 1.94. The molecule has 24 heavy (non-hydrogen) atoms. The second kappa shape index (κ2) is 5.78. The minimum absolute atomic E-state index is 0.0254. The average molecular weight is 324 g/mol. The molecule has 0 aliphatic carbocycles. The minimum Gasteiger partial charge on any atom is -0.464 e. The number of hydrogen-bond acceptors (Lipinski definition) is 4. The van der Waals surface area contributed by atoms with E-state index in [4.69, 9.17) is 4.42 Å². The zero-order valence-electron chi connectivity index (χ0n) is 13.9. The van der Waals surface area contributed by atoms with Gasteiger partial charge in [0.2, 0.25) is 5.91 Å². The van der Waals surface area contributed by atoms with Gasteiger partial charge in [-0.05, 0) is 31.9 Å². The van der Waals surface area contributed by atoms with Crippen LogP contribution in [-0.4, -0.2) is 26.7 Å². The van der Waals surface area contributed by atoms with Gasteiger partial charge in [0.1, 0.15) is 17.2 Å². The zero-order chi connectivity index (χ0) is 16.7. The van der Waals surface area contributed by atoms with Crippen LogP contribution in [-0.2, 0) is 24.2 Å². The van der Waals surface area contributed by atoms with Crippen molar-refractivity contribution in [2.24, 2.45) is 0 Å². The van der Waals surface area contributed by atoms with Crippen LogP contribution in [0.2, 0.25) is 0 Å². The number of amides is 1. The Morgan fingerprint density at radius 2 is 2.25 bits per heavy atom. The van der Waals surface area contributed by atoms with Crippen molar-refractivity contribution in [1.82, 2.24) is 20.1 Å². The largest absolute Gasteiger partial charge is 0.464 e. The molecule has 0 spiro atoms. The lowest BCUT2D eigenvalue weighted by Crippen LogP contribution is -2.41. The van der Waals surface area contributed by atoms with Gasteiger partial charge in [0.15, 0.2) is 0 Å². The molecule has 0 saturated carbocycles. The molecule has 1 aromatic carbocycles. The number of aryl methyl sites for hydroxylation is 3. The van der Waals surface area contributed by atoms with E-state index in [0.717, 1.165) is 53.1 Å². The van der Waals surface area contributed by atoms with Crippen LogP contribution in [0.15, 0.2) is 28.9 Å². The number of aromatic nitrogens is 3. The number of fused-ring (bicyclic) bond motifs is 2. The van der Waals surface area contributed by atoms with Gasteiger partial charge < -0.3 is 14.3 Å². The topological polar surface area (TPSA) is 73.0 Å². The van der Waals surface area contributed by atoms with Crippen molar-refractivity contribution in [2.45, 2.75) is 45.7 Å². The monoisotopic (exact) mass is 324 g/mol. The summed E-state index contributed by atoms with van der Waals surface area (Å²) in [5.41, 5.74) is 2.91. The molecule has 2 aromatic heterocycles. The lowest BCUT2D eigenvalue weighted by molar-refractivity contribution is -0.121. The quantitative estimate of drug-likeness (QED) is 0.802. The Labute approximate surface area is 139 Å². The van der Waals surface area contributed by atoms with Gasteiger partial charge >= 0.3 is 0 Å². The molecule has 0 unspecified atom stereocenters. The maximum Gasteiger partial charge on any atom is 0.224 e. The lowest BCUT2D eigenvalue weighted by Gasteiger charge is -2.24. The zero-order valence-corrected chi connectivity index (χ0v) is 13.9. The predicted molar refractivity (Wildman–Crippen MR) is 89.7 cm³/mol. The molecule has 0 saturated heterocycles. The highest BCUT2D eigenvalue weighted by Gasteiger charge is 2.23. The van der Waals surface area contributed by atoms with Crippen molar-refractivity contribution < 1.29 is 9.21 Å². The first-order chi connectivity index (χ1) is 11.6. The smallest absolute Gasteiger partial charge is 0.224 e. The molecule has 1 N–H and O–H groups in total. The van der Waals surface area contributed by atoms with Crippen LogP contribution in [0, 0.1) is 13.8 Å². The summed E-state index contributed by atoms with van der Waals surface area (Å²) in [7, 11) is 0. The summed E-state index contributed by atoms with van der Waals surface area (Å²) in [4.78, 5) is 12.4. The Morgan fingerprint density at radius 1 is 1.38 bits per heavy atom. The highest BCUT2D eigenvalue weighted by Crippen LogP contribution is 2.23. The second-order valence-corrected chi connectivity index (χ2v) is 6.51. The van der Waals surface area contributed by atoms with Crippen LogP contribution in [0.25, 0.3) is 11.0 Å². The standard InChI is InChI=1S/C18H20N4O2/c1-11-3-5-15-13(10-24-16(15)7-11)8-18(23)19-14-4-6-17-21-20-12(2)22(17)9-14/h3,5,7,10,14H,4,6,8-9H2,1-2H3,(H,19,23)/t14-/m0/s1. The highest BCUT2D eigenvalue weighted by atomic mass is 16.3. The molecule has 3 heterocycles. The maximum atomic E-state index is 12.4. The summed E-state index contributed by atoms with van der Waals surface area (Å²) in [6, 6.07) is 6.18. The van der Waals surface area contributed by atoms with Gasteiger partial charge in [0, 0.05) is 30.0 Å². The average Bonchev–Trinajstić information content (AvgIpc) is 3.11. The number of carbonyl (C=O) groups excluding carboxylic acids is 1. The molecule has 1 aliphatic heterocycles. The van der Waals surface area contributed by atoms with Crippen molar-refractivity contribution >= 4 is 16.9 Å². The lowest BCUT2D eigenvalue weighted by atomic mass is 10.1. The van der Waals surface area contributed by atoms with E-state index in [9.17, 15) is 4.79 Å². The third kappa shape index (κ3) is 2.68. The molecular formula is C18H20N4O2. The van der Waals surface area contributed by atoms with Crippen LogP contribution in [0.5, 0.6) is 0 Å². The predicted octanol–water partition coefficient (Wildman–Crippen LogP) is 2.31. The molecule has 1 aliphatic rings. The highest BCUT2D eigenvalue weighted by molar-refractivity contribution is 5.88. The number of nitrogens with zero attached hydrogens (tertiary/aromatic N) is 3. The fourth-order valence-electron chi connectivity index (χ4n) is 3.36. The normalized spacial score (nSPS) is 17.0. The minimum atomic E-state index is 0.0254. The van der Waals surface area contributed by atoms with Gasteiger partial charge in [-0.1, -0.05) is 12.1 Å². The third-order valence-electron chi connectivity index (χ3n) is 4.66. The Morgan fingerprint density at radius 3 is 3.12 bits per heavy atom. The Bertz CT molecular complexity index is 909. The van der Waals surface area contributed by atoms with E-state index in [1.807, 2.05) is 32.0 Å². The second-order valence-electron chi connectivity index (χ2n) is 6.51. The summed E-state index contributed by atoms with van der Waals surface area (Å²) < 4.78 is 7.66. The number of furan rings is 1. The molecule has 6 heteroatoms. The molecule has 4 rings (SSSR count). The molecule has 6 nitrogen and oxygen atoms in total. The first-order valence-corrected chi connectivity index (χ1v) is 8.25. The van der Waals surface area contributed by atoms with Crippen LogP contribution in [0.1, 0.15) is 29.2 Å². The van der Waals surface area contributed by atoms with Crippen molar-refractivity contribution in [2.75, 3.05) is 0 Å². The van der Waals surface area contributed by atoms with Crippen LogP contribution >= 0.6 is 0 Å². The molecule has 0 radical (unpaired) electrons. The third-order valence-corrected chi connectivity index (χ3v) is 4.66. The molecule has 0 bridgehead atoms. The van der Waals surface area contributed by atoms with Crippen LogP contribution < -0.4 is 5.32 Å². The number of nitrogens with one attached hydrogen (secondary N) is 1. The van der Waals surface area contributed by atoms with E-state index in [-0.39, 0.29) is 11.9 Å². The Balaban J connectivity index is 1.44. The first-order valence-electron chi connectivity index (χ1n) is 8.25. The fourth-order valence-corrected chi connectivity index (χ4v) is 3.36. The summed E-state index contributed by atoms with van der Waals surface area (Å²) in [5, 5.41) is 12.4. The number of rotatable bonds is 3. The van der Waals surface area contributed by atoms with E-state index in [0.29, 0.717) is 6.42 Å². The van der Waals surface area contributed by atoms with Gasteiger partial charge in [0.05, 0.1) is 12.7 Å². The van der Waals surface area contributed by atoms with Crippen LogP contribution in [0.4, 0.5) is 0 Å². The SMILES string of the molecule is Cc1ccc2c(CC(=O)N[C@H]3CCc4nnc(C)n4C3)coc2c1. The van der Waals surface area contributed by atoms with Gasteiger partial charge in [-0.15, -0.1) is 10.2 Å². The molecule has 3 aromatic rings. The molecule has 0 fully saturated rings. The van der Waals surface area contributed by atoms with Crippen molar-refractivity contribution in [3.8, 4) is 0 Å². The molecular weight excluding hydrogens is 304 g/mol. The van der Waals surface area contributed by atoms with E-state index < -0.39 is 0 Å². The van der Waals surface area contributed by atoms with Crippen molar-refractivity contribution in [3.05, 3.63) is 47.2 Å². The number of hydrogen-bond donors (Lipinski definition) is 1. The molecule has 124 valence electrons. The van der Waals surface area contributed by atoms with E-state index in [2.05, 4.69) is 20.1 Å². The summed E-state index contributed by atoms with van der Waals surface area (Å²) in [6.45, 7) is 4.71. The van der Waals surface area contributed by atoms with Gasteiger partial charge in [-0.25, -0.2) is 0 Å². The summed E-state index contributed by atoms with van der Waals surface area (Å²) >= 11 is 0. The van der Waals surface area contributed by atoms with Crippen molar-refractivity contribution in [1.29, 1.82) is 0 Å². The van der Waals surface area contributed by atoms with Gasteiger partial charge in [-0.2, -0.15) is 0 Å². The number of benzene rings is 1. The first kappa shape index (κ1) is 14.9. The van der Waals surface area contributed by atoms with Crippen molar-refractivity contribution in [3.63, 3.8) is 0 Å². The van der Waals surface area contributed by atoms with Crippen LogP contribution in [0.3, 0.4) is 0 Å². The number of carbonyl (C=O) groups is 1. The summed E-state index contributed by atoms with van der Waals surface area (Å²) in [6.07, 6.45) is 3.77.